The standard InChI is InChI=1S/C18H27NO/c19-13-18(11-5-1-2-6-12-18)17(20)16-8-4-3-7-15(16)14-9-10-14/h3-4,7-8,14,17,20H,1-2,5-6,9-13,19H2. The second kappa shape index (κ2) is 5.87. The fourth-order valence-corrected chi connectivity index (χ4v) is 3.88. The summed E-state index contributed by atoms with van der Waals surface area (Å²) in [6.07, 6.45) is 9.31. The Balaban J connectivity index is 1.91. The lowest BCUT2D eigenvalue weighted by molar-refractivity contribution is 0.0160. The molecule has 0 saturated heterocycles. The lowest BCUT2D eigenvalue weighted by atomic mass is 9.72. The summed E-state index contributed by atoms with van der Waals surface area (Å²) in [4.78, 5) is 0. The molecule has 0 radical (unpaired) electrons. The van der Waals surface area contributed by atoms with Crippen LogP contribution in [0.3, 0.4) is 0 Å². The minimum absolute atomic E-state index is 0.0957. The van der Waals surface area contributed by atoms with E-state index in [0.29, 0.717) is 12.5 Å². The van der Waals surface area contributed by atoms with E-state index >= 15 is 0 Å². The maximum absolute atomic E-state index is 11.1. The Morgan fingerprint density at radius 1 is 1.10 bits per heavy atom. The Labute approximate surface area is 122 Å². The fourth-order valence-electron chi connectivity index (χ4n) is 3.88. The molecule has 2 saturated carbocycles. The molecule has 2 heteroatoms. The highest BCUT2D eigenvalue weighted by atomic mass is 16.3. The summed E-state index contributed by atoms with van der Waals surface area (Å²) in [6.45, 7) is 0.604. The second-order valence-corrected chi connectivity index (χ2v) is 6.79. The Bertz CT molecular complexity index is 444. The van der Waals surface area contributed by atoms with Gasteiger partial charge in [-0.1, -0.05) is 49.9 Å². The van der Waals surface area contributed by atoms with Gasteiger partial charge in [-0.05, 0) is 42.7 Å². The van der Waals surface area contributed by atoms with Gasteiger partial charge in [0, 0.05) is 12.0 Å². The van der Waals surface area contributed by atoms with E-state index in [1.807, 2.05) is 0 Å². The van der Waals surface area contributed by atoms with Gasteiger partial charge in [0.1, 0.15) is 0 Å². The molecule has 2 nitrogen and oxygen atoms in total. The highest BCUT2D eigenvalue weighted by molar-refractivity contribution is 5.36. The maximum Gasteiger partial charge on any atom is 0.0861 e. The van der Waals surface area contributed by atoms with E-state index in [1.54, 1.807) is 0 Å². The minimum atomic E-state index is -0.387. The number of hydrogen-bond acceptors (Lipinski definition) is 2. The fraction of sp³-hybridized carbons (Fsp3) is 0.667. The summed E-state index contributed by atoms with van der Waals surface area (Å²) in [5, 5.41) is 11.1. The van der Waals surface area contributed by atoms with Gasteiger partial charge in [-0.2, -0.15) is 0 Å². The van der Waals surface area contributed by atoms with Crippen LogP contribution in [0, 0.1) is 5.41 Å². The normalized spacial score (nSPS) is 24.1. The van der Waals surface area contributed by atoms with Crippen molar-refractivity contribution >= 4 is 0 Å². The third-order valence-corrected chi connectivity index (χ3v) is 5.39. The van der Waals surface area contributed by atoms with Gasteiger partial charge in [0.25, 0.3) is 0 Å². The Kier molecular flexibility index (Phi) is 4.13. The van der Waals surface area contributed by atoms with E-state index in [9.17, 15) is 5.11 Å². The van der Waals surface area contributed by atoms with Crippen molar-refractivity contribution in [2.45, 2.75) is 63.4 Å². The predicted octanol–water partition coefficient (Wildman–Crippen LogP) is 3.90. The van der Waals surface area contributed by atoms with Crippen LogP contribution in [0.25, 0.3) is 0 Å². The molecule has 1 aromatic carbocycles. The van der Waals surface area contributed by atoms with Crippen molar-refractivity contribution in [3.05, 3.63) is 35.4 Å². The minimum Gasteiger partial charge on any atom is -0.388 e. The number of hydrogen-bond donors (Lipinski definition) is 2. The molecule has 3 rings (SSSR count). The smallest absolute Gasteiger partial charge is 0.0861 e. The van der Waals surface area contributed by atoms with E-state index in [4.69, 9.17) is 5.73 Å². The summed E-state index contributed by atoms with van der Waals surface area (Å²) >= 11 is 0. The first kappa shape index (κ1) is 14.1. The quantitative estimate of drug-likeness (QED) is 0.817. The maximum atomic E-state index is 11.1. The molecule has 0 amide bonds. The number of aliphatic hydroxyl groups excluding tert-OH is 1. The first-order chi connectivity index (χ1) is 9.77. The molecular weight excluding hydrogens is 246 g/mol. The van der Waals surface area contributed by atoms with Crippen LogP contribution < -0.4 is 5.73 Å². The van der Waals surface area contributed by atoms with Crippen molar-refractivity contribution in [3.63, 3.8) is 0 Å². The average molecular weight is 273 g/mol. The van der Waals surface area contributed by atoms with Gasteiger partial charge in [0.2, 0.25) is 0 Å². The van der Waals surface area contributed by atoms with Crippen LogP contribution in [0.5, 0.6) is 0 Å². The molecule has 2 aliphatic carbocycles. The number of benzene rings is 1. The van der Waals surface area contributed by atoms with E-state index in [1.165, 1.54) is 44.1 Å². The van der Waals surface area contributed by atoms with E-state index < -0.39 is 0 Å². The van der Waals surface area contributed by atoms with Crippen molar-refractivity contribution in [1.82, 2.24) is 0 Å². The zero-order valence-corrected chi connectivity index (χ0v) is 12.4. The first-order valence-electron chi connectivity index (χ1n) is 8.24. The van der Waals surface area contributed by atoms with Crippen LogP contribution in [0.15, 0.2) is 24.3 Å². The molecule has 0 spiro atoms. The summed E-state index contributed by atoms with van der Waals surface area (Å²) in [6, 6.07) is 8.50. The average Bonchev–Trinajstić information content (AvgIpc) is 3.33. The van der Waals surface area contributed by atoms with Crippen LogP contribution in [0.2, 0.25) is 0 Å². The largest absolute Gasteiger partial charge is 0.388 e. The Morgan fingerprint density at radius 2 is 1.75 bits per heavy atom. The van der Waals surface area contributed by atoms with E-state index in [0.717, 1.165) is 18.4 Å². The molecule has 0 aliphatic heterocycles. The molecule has 1 atom stereocenters. The van der Waals surface area contributed by atoms with Gasteiger partial charge in [-0.25, -0.2) is 0 Å². The molecular formula is C18H27NO. The van der Waals surface area contributed by atoms with Crippen molar-refractivity contribution in [1.29, 1.82) is 0 Å². The monoisotopic (exact) mass is 273 g/mol. The zero-order chi connectivity index (χ0) is 14.0. The molecule has 0 heterocycles. The van der Waals surface area contributed by atoms with Gasteiger partial charge in [0.05, 0.1) is 6.10 Å². The van der Waals surface area contributed by atoms with Crippen LogP contribution in [-0.4, -0.2) is 11.7 Å². The molecule has 2 fully saturated rings. The highest BCUT2D eigenvalue weighted by Crippen LogP contribution is 2.49. The van der Waals surface area contributed by atoms with Crippen LogP contribution in [0.4, 0.5) is 0 Å². The molecule has 1 aromatic rings. The molecule has 2 aliphatic rings. The molecule has 110 valence electrons. The third kappa shape index (κ3) is 2.64. The van der Waals surface area contributed by atoms with Crippen LogP contribution in [0.1, 0.15) is 74.5 Å². The topological polar surface area (TPSA) is 46.2 Å². The first-order valence-corrected chi connectivity index (χ1v) is 8.24. The van der Waals surface area contributed by atoms with E-state index in [-0.39, 0.29) is 11.5 Å². The molecule has 1 unspecified atom stereocenters. The van der Waals surface area contributed by atoms with Gasteiger partial charge in [-0.15, -0.1) is 0 Å². The number of nitrogens with two attached hydrogens (primary N) is 1. The number of aliphatic hydroxyl groups is 1. The van der Waals surface area contributed by atoms with Gasteiger partial charge >= 0.3 is 0 Å². The summed E-state index contributed by atoms with van der Waals surface area (Å²) in [5.41, 5.74) is 8.56. The van der Waals surface area contributed by atoms with E-state index in [2.05, 4.69) is 24.3 Å². The van der Waals surface area contributed by atoms with Crippen molar-refractivity contribution in [3.8, 4) is 0 Å². The summed E-state index contributed by atoms with van der Waals surface area (Å²) < 4.78 is 0. The lowest BCUT2D eigenvalue weighted by Gasteiger charge is -2.37. The van der Waals surface area contributed by atoms with Gasteiger partial charge in [0.15, 0.2) is 0 Å². The molecule has 20 heavy (non-hydrogen) atoms. The van der Waals surface area contributed by atoms with Gasteiger partial charge in [-0.3, -0.25) is 0 Å². The van der Waals surface area contributed by atoms with Gasteiger partial charge < -0.3 is 10.8 Å². The third-order valence-electron chi connectivity index (χ3n) is 5.39. The summed E-state index contributed by atoms with van der Waals surface area (Å²) in [5.74, 6) is 0.682. The van der Waals surface area contributed by atoms with Crippen molar-refractivity contribution in [2.24, 2.45) is 11.1 Å². The zero-order valence-electron chi connectivity index (χ0n) is 12.4. The molecule has 0 aromatic heterocycles. The van der Waals surface area contributed by atoms with Crippen LogP contribution >= 0.6 is 0 Å². The van der Waals surface area contributed by atoms with Crippen LogP contribution in [-0.2, 0) is 0 Å². The SMILES string of the molecule is NCC1(C(O)c2ccccc2C2CC2)CCCCCC1. The molecule has 3 N–H and O–H groups in total. The van der Waals surface area contributed by atoms with Crippen molar-refractivity contribution < 1.29 is 5.11 Å². The predicted molar refractivity (Wildman–Crippen MR) is 82.6 cm³/mol. The number of rotatable bonds is 4. The highest BCUT2D eigenvalue weighted by Gasteiger charge is 2.40. The molecule has 0 bridgehead atoms. The lowest BCUT2D eigenvalue weighted by Crippen LogP contribution is -2.36. The summed E-state index contributed by atoms with van der Waals surface area (Å²) in [7, 11) is 0. The Morgan fingerprint density at radius 3 is 2.35 bits per heavy atom. The second-order valence-electron chi connectivity index (χ2n) is 6.79. The van der Waals surface area contributed by atoms with Crippen molar-refractivity contribution in [2.75, 3.05) is 6.54 Å². The Hall–Kier alpha value is -0.860.